The van der Waals surface area contributed by atoms with Gasteiger partial charge in [0.15, 0.2) is 0 Å². The third-order valence-electron chi connectivity index (χ3n) is 7.73. The molecule has 4 heterocycles. The van der Waals surface area contributed by atoms with E-state index in [4.69, 9.17) is 0 Å². The number of thiazole rings is 1. The largest absolute Gasteiger partial charge is 0.334 e. The van der Waals surface area contributed by atoms with E-state index >= 15 is 0 Å². The van der Waals surface area contributed by atoms with Crippen molar-refractivity contribution in [3.63, 3.8) is 0 Å². The van der Waals surface area contributed by atoms with Gasteiger partial charge in [0, 0.05) is 19.6 Å². The van der Waals surface area contributed by atoms with Crippen LogP contribution in [0, 0.1) is 0 Å². The van der Waals surface area contributed by atoms with E-state index in [0.717, 1.165) is 21.3 Å². The fourth-order valence-electron chi connectivity index (χ4n) is 5.80. The van der Waals surface area contributed by atoms with Crippen LogP contribution < -0.4 is 10.6 Å². The van der Waals surface area contributed by atoms with Gasteiger partial charge in [-0.3, -0.25) is 19.7 Å². The fraction of sp³-hybridized carbons (Fsp3) is 0.310. The summed E-state index contributed by atoms with van der Waals surface area (Å²) in [5.41, 5.74) is 4.23. The SMILES string of the molecule is C=CCN1CC(=O)N2[C@@H](CN3CC(=O)NC3=O)C(=O)N(Cc3cccc4scnc34)C[C@@H]2N1C(=O)NCc1ccccc1. The van der Waals surface area contributed by atoms with Crippen molar-refractivity contribution in [2.45, 2.75) is 25.3 Å². The van der Waals surface area contributed by atoms with Crippen LogP contribution >= 0.6 is 11.3 Å². The summed E-state index contributed by atoms with van der Waals surface area (Å²) in [5.74, 6) is -1.24. The Bertz CT molecular complexity index is 1600. The Morgan fingerprint density at radius 1 is 1.07 bits per heavy atom. The van der Waals surface area contributed by atoms with Crippen LogP contribution in [0.15, 0.2) is 66.7 Å². The molecule has 222 valence electrons. The molecule has 3 aromatic rings. The first kappa shape index (κ1) is 28.3. The zero-order valence-corrected chi connectivity index (χ0v) is 24.0. The van der Waals surface area contributed by atoms with Crippen molar-refractivity contribution >= 4 is 51.3 Å². The number of benzene rings is 2. The number of urea groups is 2. The number of nitrogens with one attached hydrogen (secondary N) is 2. The summed E-state index contributed by atoms with van der Waals surface area (Å²) in [6, 6.07) is 13.0. The van der Waals surface area contributed by atoms with Crippen molar-refractivity contribution in [2.75, 3.05) is 32.7 Å². The number of nitrogens with zero attached hydrogens (tertiary/aromatic N) is 6. The van der Waals surface area contributed by atoms with Crippen molar-refractivity contribution in [1.82, 2.24) is 40.3 Å². The van der Waals surface area contributed by atoms with Gasteiger partial charge in [-0.05, 0) is 17.2 Å². The molecule has 3 aliphatic rings. The Balaban J connectivity index is 1.35. The van der Waals surface area contributed by atoms with E-state index < -0.39 is 30.2 Å². The molecule has 0 radical (unpaired) electrons. The molecule has 2 aromatic carbocycles. The average molecular weight is 603 g/mol. The molecule has 0 aliphatic carbocycles. The Kier molecular flexibility index (Phi) is 7.78. The van der Waals surface area contributed by atoms with Gasteiger partial charge in [0.1, 0.15) is 18.8 Å². The van der Waals surface area contributed by atoms with Crippen LogP contribution in [0.1, 0.15) is 11.1 Å². The lowest BCUT2D eigenvalue weighted by Crippen LogP contribution is -2.77. The predicted octanol–water partition coefficient (Wildman–Crippen LogP) is 1.34. The molecule has 3 aliphatic heterocycles. The van der Waals surface area contributed by atoms with Gasteiger partial charge in [-0.1, -0.05) is 48.5 Å². The molecule has 3 fully saturated rings. The molecule has 7 amide bonds. The second-order valence-electron chi connectivity index (χ2n) is 10.5. The van der Waals surface area contributed by atoms with Crippen LogP contribution in [-0.4, -0.2) is 104 Å². The van der Waals surface area contributed by atoms with Gasteiger partial charge in [-0.2, -0.15) is 0 Å². The Hall–Kier alpha value is -4.82. The summed E-state index contributed by atoms with van der Waals surface area (Å²) >= 11 is 1.49. The summed E-state index contributed by atoms with van der Waals surface area (Å²) in [5, 5.41) is 8.24. The molecule has 0 spiro atoms. The highest BCUT2D eigenvalue weighted by molar-refractivity contribution is 7.16. The van der Waals surface area contributed by atoms with Gasteiger partial charge in [0.25, 0.3) is 0 Å². The first-order valence-corrected chi connectivity index (χ1v) is 14.7. The third kappa shape index (κ3) is 5.53. The van der Waals surface area contributed by atoms with Crippen molar-refractivity contribution in [2.24, 2.45) is 0 Å². The number of hydrazine groups is 1. The van der Waals surface area contributed by atoms with Crippen LogP contribution in [0.3, 0.4) is 0 Å². The number of fused-ring (bicyclic) bond motifs is 2. The number of amides is 7. The van der Waals surface area contributed by atoms with Crippen molar-refractivity contribution in [3.8, 4) is 0 Å². The van der Waals surface area contributed by atoms with Gasteiger partial charge in [-0.15, -0.1) is 17.9 Å². The van der Waals surface area contributed by atoms with E-state index in [9.17, 15) is 24.0 Å². The van der Waals surface area contributed by atoms with E-state index in [1.54, 1.807) is 21.5 Å². The number of aromatic nitrogens is 1. The monoisotopic (exact) mass is 602 g/mol. The highest BCUT2D eigenvalue weighted by Crippen LogP contribution is 2.30. The van der Waals surface area contributed by atoms with Gasteiger partial charge in [-0.25, -0.2) is 24.6 Å². The summed E-state index contributed by atoms with van der Waals surface area (Å²) in [7, 11) is 0. The maximum atomic E-state index is 14.1. The standard InChI is InChI=1S/C29H30N8O5S/c1-2-11-35-17-25(39)36-21(14-34-15-23(38)32-29(34)42)27(40)33(13-20-9-6-10-22-26(20)31-18-43-22)16-24(36)37(35)28(41)30-12-19-7-4-3-5-8-19/h2-10,18,21,24H,1,11-17H2,(H,30,41)(H,32,38,42)/t21-,24-/m0/s1. The number of piperazine rings is 1. The Morgan fingerprint density at radius 2 is 1.88 bits per heavy atom. The van der Waals surface area contributed by atoms with Crippen LogP contribution in [-0.2, 0) is 27.5 Å². The molecule has 43 heavy (non-hydrogen) atoms. The van der Waals surface area contributed by atoms with Crippen molar-refractivity contribution in [3.05, 3.63) is 77.8 Å². The lowest BCUT2D eigenvalue weighted by Gasteiger charge is -2.55. The third-order valence-corrected chi connectivity index (χ3v) is 8.53. The van der Waals surface area contributed by atoms with E-state index in [1.165, 1.54) is 26.1 Å². The number of carbonyl (C=O) groups excluding carboxylic acids is 5. The van der Waals surface area contributed by atoms with Gasteiger partial charge >= 0.3 is 12.1 Å². The first-order valence-electron chi connectivity index (χ1n) is 13.8. The van der Waals surface area contributed by atoms with E-state index in [1.807, 2.05) is 48.5 Å². The van der Waals surface area contributed by atoms with E-state index in [-0.39, 0.29) is 57.6 Å². The average Bonchev–Trinajstić information content (AvgIpc) is 3.60. The lowest BCUT2D eigenvalue weighted by molar-refractivity contribution is -0.190. The number of para-hydroxylation sites is 1. The Morgan fingerprint density at radius 3 is 2.63 bits per heavy atom. The van der Waals surface area contributed by atoms with Crippen molar-refractivity contribution < 1.29 is 24.0 Å². The molecule has 3 saturated heterocycles. The maximum Gasteiger partial charge on any atom is 0.334 e. The number of carbonyl (C=O) groups is 5. The van der Waals surface area contributed by atoms with Gasteiger partial charge in [0.2, 0.25) is 17.7 Å². The minimum atomic E-state index is -1.12. The molecular weight excluding hydrogens is 572 g/mol. The normalized spacial score (nSPS) is 20.9. The number of hydrogen-bond donors (Lipinski definition) is 2. The van der Waals surface area contributed by atoms with Crippen LogP contribution in [0.4, 0.5) is 9.59 Å². The minimum Gasteiger partial charge on any atom is -0.333 e. The van der Waals surface area contributed by atoms with Crippen LogP contribution in [0.5, 0.6) is 0 Å². The molecule has 0 saturated carbocycles. The topological polar surface area (TPSA) is 138 Å². The molecule has 6 rings (SSSR count). The van der Waals surface area contributed by atoms with Gasteiger partial charge < -0.3 is 20.0 Å². The molecule has 1 aromatic heterocycles. The summed E-state index contributed by atoms with van der Waals surface area (Å²) in [4.78, 5) is 74.7. The summed E-state index contributed by atoms with van der Waals surface area (Å²) in [6.45, 7) is 3.89. The highest BCUT2D eigenvalue weighted by atomic mass is 32.1. The maximum absolute atomic E-state index is 14.1. The molecule has 2 atom stereocenters. The highest BCUT2D eigenvalue weighted by Gasteiger charge is 2.52. The lowest BCUT2D eigenvalue weighted by atomic mass is 10.0. The van der Waals surface area contributed by atoms with Gasteiger partial charge in [0.05, 0.1) is 35.4 Å². The van der Waals surface area contributed by atoms with E-state index in [0.29, 0.717) is 0 Å². The molecule has 2 N–H and O–H groups in total. The predicted molar refractivity (Wildman–Crippen MR) is 157 cm³/mol. The first-order chi connectivity index (χ1) is 20.8. The zero-order valence-electron chi connectivity index (χ0n) is 23.2. The molecule has 14 heteroatoms. The second-order valence-corrected chi connectivity index (χ2v) is 11.4. The van der Waals surface area contributed by atoms with Crippen LogP contribution in [0.2, 0.25) is 0 Å². The number of rotatable bonds is 8. The minimum absolute atomic E-state index is 0.0269. The van der Waals surface area contributed by atoms with Crippen molar-refractivity contribution in [1.29, 1.82) is 0 Å². The smallest absolute Gasteiger partial charge is 0.333 e. The zero-order chi connectivity index (χ0) is 30.1. The summed E-state index contributed by atoms with van der Waals surface area (Å²) in [6.07, 6.45) is 0.725. The molecule has 0 bridgehead atoms. The summed E-state index contributed by atoms with van der Waals surface area (Å²) < 4.78 is 0.972. The molecular formula is C29H30N8O5S. The number of hydrogen-bond acceptors (Lipinski definition) is 8. The number of imide groups is 1. The van der Waals surface area contributed by atoms with Crippen LogP contribution in [0.25, 0.3) is 10.2 Å². The Labute approximate surface area is 251 Å². The molecule has 13 nitrogen and oxygen atoms in total. The quantitative estimate of drug-likeness (QED) is 0.293. The second kappa shape index (κ2) is 11.8. The fourth-order valence-corrected chi connectivity index (χ4v) is 6.52. The van der Waals surface area contributed by atoms with E-state index in [2.05, 4.69) is 22.2 Å². The molecule has 0 unspecified atom stereocenters.